The van der Waals surface area contributed by atoms with Gasteiger partial charge in [-0.25, -0.2) is 9.80 Å². The van der Waals surface area contributed by atoms with Crippen LogP contribution in [0.3, 0.4) is 0 Å². The Kier molecular flexibility index (Phi) is 5.50. The summed E-state index contributed by atoms with van der Waals surface area (Å²) < 4.78 is 0. The predicted octanol–water partition coefficient (Wildman–Crippen LogP) is 4.12. The number of hydrogen-bond acceptors (Lipinski definition) is 7. The zero-order valence-corrected chi connectivity index (χ0v) is 25.0. The Labute approximate surface area is 272 Å². The van der Waals surface area contributed by atoms with Crippen LogP contribution < -0.4 is 14.7 Å². The maximum absolute atomic E-state index is 14.9. The molecule has 1 spiro atoms. The molecule has 3 fully saturated rings. The lowest BCUT2D eigenvalue weighted by atomic mass is 9.44. The number of hydrogen-bond donors (Lipinski definition) is 0. The van der Waals surface area contributed by atoms with Gasteiger partial charge in [0.05, 0.1) is 34.4 Å². The quantitative estimate of drug-likeness (QED) is 0.187. The molecule has 6 aliphatic rings. The van der Waals surface area contributed by atoms with Gasteiger partial charge in [0.2, 0.25) is 23.6 Å². The number of imide groups is 2. The average molecular weight is 637 g/mol. The number of nitro groups is 1. The minimum atomic E-state index is -2.47. The van der Waals surface area contributed by atoms with Gasteiger partial charge in [0.15, 0.2) is 0 Å². The normalized spacial score (nSPS) is 29.4. The number of benzene rings is 4. The van der Waals surface area contributed by atoms with E-state index in [0.717, 1.165) is 9.80 Å². The van der Waals surface area contributed by atoms with E-state index in [4.69, 9.17) is 0 Å². The molecular formula is C37H24N4O7. The largest absolute Gasteiger partial charge is 0.296 e. The molecule has 2 bridgehead atoms. The fourth-order valence-corrected chi connectivity index (χ4v) is 9.12. The standard InChI is InChI=1S/C37H24N4O7/c42-31(21-12-4-1-5-13-21)40-26-19-11-10-18-24(26)25-20-36(41(47)48)27-29(34(45)38(32(27)43)22-14-6-2-7-15-22)37(25,40)30-28(36)33(44)39(35(30)46)23-16-8-3-9-17-23/h1-20,27-30H. The molecule has 10 rings (SSSR count). The number of fused-ring (bicyclic) bond motifs is 1. The number of anilines is 3. The van der Waals surface area contributed by atoms with Gasteiger partial charge in [0, 0.05) is 16.1 Å². The molecule has 0 radical (unpaired) electrons. The molecule has 3 heterocycles. The van der Waals surface area contributed by atoms with E-state index in [1.54, 1.807) is 115 Å². The SMILES string of the molecule is O=C1C2C(C(=O)N1c1ccccc1)C1([N+](=O)[O-])C=C3c4ccccc4N(C(=O)c4ccccc4)C32C2C(=O)N(c3ccccc3)C(=O)C21. The van der Waals surface area contributed by atoms with Gasteiger partial charge in [-0.3, -0.25) is 39.0 Å². The zero-order chi connectivity index (χ0) is 33.1. The number of nitrogens with zero attached hydrogens (tertiary/aromatic N) is 4. The van der Waals surface area contributed by atoms with Crippen molar-refractivity contribution in [1.29, 1.82) is 0 Å². The van der Waals surface area contributed by atoms with Crippen molar-refractivity contribution in [3.05, 3.63) is 143 Å². The van der Waals surface area contributed by atoms with Gasteiger partial charge < -0.3 is 0 Å². The van der Waals surface area contributed by atoms with E-state index in [0.29, 0.717) is 11.3 Å². The van der Waals surface area contributed by atoms with Gasteiger partial charge in [0.1, 0.15) is 11.8 Å². The Balaban J connectivity index is 1.40. The molecule has 4 unspecified atom stereocenters. The lowest BCUT2D eigenvalue weighted by Gasteiger charge is -2.57. The third-order valence-corrected chi connectivity index (χ3v) is 10.7. The van der Waals surface area contributed by atoms with Crippen molar-refractivity contribution < 1.29 is 28.9 Å². The molecule has 2 saturated heterocycles. The van der Waals surface area contributed by atoms with Crippen LogP contribution >= 0.6 is 0 Å². The summed E-state index contributed by atoms with van der Waals surface area (Å²) in [7, 11) is 0. The van der Waals surface area contributed by atoms with Crippen molar-refractivity contribution in [3.8, 4) is 0 Å². The number of rotatable bonds is 4. The fraction of sp³-hybridized carbons (Fsp3) is 0.162. The molecule has 4 atom stereocenters. The Bertz CT molecular complexity index is 2080. The maximum atomic E-state index is 14.9. The Hall–Kier alpha value is -6.23. The van der Waals surface area contributed by atoms with E-state index < -0.39 is 69.2 Å². The summed E-state index contributed by atoms with van der Waals surface area (Å²) in [6.07, 6.45) is 1.31. The second-order valence-corrected chi connectivity index (χ2v) is 12.7. The first-order chi connectivity index (χ1) is 23.3. The molecule has 3 aliphatic heterocycles. The lowest BCUT2D eigenvalue weighted by molar-refractivity contribution is -0.577. The first-order valence-electron chi connectivity index (χ1n) is 15.5. The highest BCUT2D eigenvalue weighted by Crippen LogP contribution is 2.72. The second kappa shape index (κ2) is 9.41. The van der Waals surface area contributed by atoms with Gasteiger partial charge in [0.25, 0.3) is 11.4 Å². The third-order valence-electron chi connectivity index (χ3n) is 10.7. The number of para-hydroxylation sites is 3. The number of amides is 5. The Morgan fingerprint density at radius 2 is 1.04 bits per heavy atom. The van der Waals surface area contributed by atoms with Crippen LogP contribution in [0.15, 0.2) is 121 Å². The summed E-state index contributed by atoms with van der Waals surface area (Å²) in [5.41, 5.74) is -2.83. The summed E-state index contributed by atoms with van der Waals surface area (Å²) in [6, 6.07) is 31.2. The van der Waals surface area contributed by atoms with E-state index >= 15 is 0 Å². The molecule has 5 amide bonds. The fourth-order valence-electron chi connectivity index (χ4n) is 9.12. The lowest BCUT2D eigenvalue weighted by Crippen LogP contribution is -2.77. The molecule has 0 N–H and O–H groups in total. The van der Waals surface area contributed by atoms with E-state index in [9.17, 15) is 34.1 Å². The molecule has 4 aromatic carbocycles. The Morgan fingerprint density at radius 3 is 1.54 bits per heavy atom. The van der Waals surface area contributed by atoms with Crippen molar-refractivity contribution >= 4 is 52.2 Å². The van der Waals surface area contributed by atoms with Crippen molar-refractivity contribution in [2.24, 2.45) is 23.7 Å². The second-order valence-electron chi connectivity index (χ2n) is 12.7. The molecule has 1 saturated carbocycles. The monoisotopic (exact) mass is 636 g/mol. The van der Waals surface area contributed by atoms with Crippen molar-refractivity contribution in [3.63, 3.8) is 0 Å². The van der Waals surface area contributed by atoms with Crippen LogP contribution in [0.4, 0.5) is 17.1 Å². The van der Waals surface area contributed by atoms with Gasteiger partial charge >= 0.3 is 0 Å². The summed E-state index contributed by atoms with van der Waals surface area (Å²) in [4.78, 5) is 90.2. The topological polar surface area (TPSA) is 138 Å². The minimum absolute atomic E-state index is 0.197. The number of carbonyl (C=O) groups excluding carboxylic acids is 5. The highest BCUT2D eigenvalue weighted by atomic mass is 16.6. The molecule has 48 heavy (non-hydrogen) atoms. The summed E-state index contributed by atoms with van der Waals surface area (Å²) >= 11 is 0. The summed E-state index contributed by atoms with van der Waals surface area (Å²) in [5, 5.41) is 13.7. The van der Waals surface area contributed by atoms with Gasteiger partial charge in [-0.2, -0.15) is 0 Å². The highest BCUT2D eigenvalue weighted by Gasteiger charge is 2.89. The molecule has 11 nitrogen and oxygen atoms in total. The predicted molar refractivity (Wildman–Crippen MR) is 172 cm³/mol. The smallest absolute Gasteiger partial charge is 0.265 e. The molecule has 0 aromatic heterocycles. The molecule has 11 heteroatoms. The summed E-state index contributed by atoms with van der Waals surface area (Å²) in [6.45, 7) is 0. The molecular weight excluding hydrogens is 612 g/mol. The average Bonchev–Trinajstić information content (AvgIpc) is 3.68. The van der Waals surface area contributed by atoms with Crippen LogP contribution in [0.2, 0.25) is 0 Å². The highest BCUT2D eigenvalue weighted by molar-refractivity contribution is 6.31. The van der Waals surface area contributed by atoms with E-state index in [-0.39, 0.29) is 22.5 Å². The van der Waals surface area contributed by atoms with E-state index in [2.05, 4.69) is 0 Å². The zero-order valence-electron chi connectivity index (χ0n) is 25.0. The van der Waals surface area contributed by atoms with Crippen molar-refractivity contribution in [1.82, 2.24) is 0 Å². The van der Waals surface area contributed by atoms with Gasteiger partial charge in [-0.1, -0.05) is 72.8 Å². The van der Waals surface area contributed by atoms with Crippen molar-refractivity contribution in [2.45, 2.75) is 11.1 Å². The van der Waals surface area contributed by atoms with E-state index in [1.165, 1.54) is 11.0 Å². The van der Waals surface area contributed by atoms with Crippen molar-refractivity contribution in [2.75, 3.05) is 14.7 Å². The minimum Gasteiger partial charge on any atom is -0.296 e. The number of carbonyl (C=O) groups is 5. The molecule has 4 aromatic rings. The van der Waals surface area contributed by atoms with Crippen LogP contribution in [-0.4, -0.2) is 45.5 Å². The van der Waals surface area contributed by atoms with Crippen LogP contribution in [-0.2, 0) is 19.2 Å². The first-order valence-corrected chi connectivity index (χ1v) is 15.5. The van der Waals surface area contributed by atoms with Crippen LogP contribution in [0, 0.1) is 33.8 Å². The Morgan fingerprint density at radius 1 is 0.604 bits per heavy atom. The maximum Gasteiger partial charge on any atom is 0.265 e. The third kappa shape index (κ3) is 3.06. The first kappa shape index (κ1) is 28.0. The molecule has 234 valence electrons. The van der Waals surface area contributed by atoms with Gasteiger partial charge in [-0.15, -0.1) is 0 Å². The van der Waals surface area contributed by atoms with Crippen LogP contribution in [0.25, 0.3) is 5.57 Å². The van der Waals surface area contributed by atoms with Crippen LogP contribution in [0.5, 0.6) is 0 Å². The summed E-state index contributed by atoms with van der Waals surface area (Å²) in [5.74, 6) is -10.4. The van der Waals surface area contributed by atoms with Crippen LogP contribution in [0.1, 0.15) is 15.9 Å². The molecule has 3 aliphatic carbocycles. The van der Waals surface area contributed by atoms with E-state index in [1.807, 2.05) is 0 Å². The van der Waals surface area contributed by atoms with Gasteiger partial charge in [-0.05, 0) is 54.1 Å².